The molecular formula is C20H25FN3O3S+. The first-order valence-electron chi connectivity index (χ1n) is 9.22. The molecule has 1 aliphatic rings. The molecule has 0 aromatic heterocycles. The molecule has 150 valence electrons. The van der Waals surface area contributed by atoms with Crippen LogP contribution in [-0.4, -0.2) is 34.0 Å². The topological polar surface area (TPSA) is 79.7 Å². The van der Waals surface area contributed by atoms with Gasteiger partial charge >= 0.3 is 0 Å². The van der Waals surface area contributed by atoms with Gasteiger partial charge in [-0.15, -0.1) is 0 Å². The fraction of sp³-hybridized carbons (Fsp3) is 0.350. The van der Waals surface area contributed by atoms with Crippen LogP contribution < -0.4 is 14.9 Å². The summed E-state index contributed by atoms with van der Waals surface area (Å²) in [6.07, 6.45) is 2.04. The van der Waals surface area contributed by atoms with Gasteiger partial charge in [0.15, 0.2) is 6.54 Å². The summed E-state index contributed by atoms with van der Waals surface area (Å²) in [5, 5.41) is 2.77. The highest BCUT2D eigenvalue weighted by Gasteiger charge is 2.35. The van der Waals surface area contributed by atoms with Crippen molar-refractivity contribution >= 4 is 21.6 Å². The van der Waals surface area contributed by atoms with Gasteiger partial charge in [-0.05, 0) is 37.7 Å². The number of hydrogen-bond donors (Lipinski definition) is 3. The van der Waals surface area contributed by atoms with Crippen molar-refractivity contribution in [1.29, 1.82) is 0 Å². The molecular weight excluding hydrogens is 381 g/mol. The zero-order valence-corrected chi connectivity index (χ0v) is 16.8. The Balaban J connectivity index is 1.70. The fourth-order valence-corrected chi connectivity index (χ4v) is 4.21. The van der Waals surface area contributed by atoms with Gasteiger partial charge in [-0.2, -0.15) is 0 Å². The van der Waals surface area contributed by atoms with E-state index in [1.165, 1.54) is 19.2 Å². The van der Waals surface area contributed by atoms with E-state index in [9.17, 15) is 17.6 Å². The van der Waals surface area contributed by atoms with Crippen molar-refractivity contribution in [3.8, 4) is 0 Å². The number of anilines is 1. The maximum atomic E-state index is 14.0. The van der Waals surface area contributed by atoms with Gasteiger partial charge in [0, 0.05) is 24.1 Å². The van der Waals surface area contributed by atoms with Crippen LogP contribution in [0, 0.1) is 12.7 Å². The Kier molecular flexibility index (Phi) is 6.12. The van der Waals surface area contributed by atoms with Gasteiger partial charge in [-0.1, -0.05) is 24.3 Å². The molecule has 28 heavy (non-hydrogen) atoms. The largest absolute Gasteiger partial charge is 0.321 e. The number of benzene rings is 2. The van der Waals surface area contributed by atoms with Crippen LogP contribution in [-0.2, 0) is 21.4 Å². The Bertz CT molecular complexity index is 974. The van der Waals surface area contributed by atoms with Crippen molar-refractivity contribution in [2.24, 2.45) is 0 Å². The summed E-state index contributed by atoms with van der Waals surface area (Å²) in [5.74, 6) is -0.489. The Labute approximate surface area is 164 Å². The number of amides is 1. The third-order valence-corrected chi connectivity index (χ3v) is 6.50. The molecule has 2 aromatic rings. The van der Waals surface area contributed by atoms with E-state index in [2.05, 4.69) is 10.0 Å². The molecule has 1 unspecified atom stereocenters. The fourth-order valence-electron chi connectivity index (χ4n) is 3.22. The van der Waals surface area contributed by atoms with Gasteiger partial charge < -0.3 is 10.2 Å². The van der Waals surface area contributed by atoms with Crippen LogP contribution in [0.1, 0.15) is 24.0 Å². The Morgan fingerprint density at radius 2 is 1.93 bits per heavy atom. The van der Waals surface area contributed by atoms with Crippen molar-refractivity contribution in [2.75, 3.05) is 18.9 Å². The predicted molar refractivity (Wildman–Crippen MR) is 105 cm³/mol. The molecule has 1 fully saturated rings. The third-order valence-electron chi connectivity index (χ3n) is 4.95. The van der Waals surface area contributed by atoms with E-state index in [1.807, 2.05) is 0 Å². The Morgan fingerprint density at radius 1 is 1.21 bits per heavy atom. The van der Waals surface area contributed by atoms with Crippen LogP contribution in [0.3, 0.4) is 0 Å². The molecule has 0 heterocycles. The lowest BCUT2D eigenvalue weighted by Crippen LogP contribution is -3.13. The van der Waals surface area contributed by atoms with E-state index >= 15 is 0 Å². The summed E-state index contributed by atoms with van der Waals surface area (Å²) in [7, 11) is -2.26. The minimum atomic E-state index is -3.61. The minimum absolute atomic E-state index is 0.130. The average molecular weight is 407 g/mol. The lowest BCUT2D eigenvalue weighted by Gasteiger charge is -2.19. The number of carbonyl (C=O) groups excluding carboxylic acids is 1. The number of nitrogens with one attached hydrogen (secondary N) is 3. The summed E-state index contributed by atoms with van der Waals surface area (Å²) in [6, 6.07) is 11.7. The Morgan fingerprint density at radius 3 is 2.57 bits per heavy atom. The van der Waals surface area contributed by atoms with Crippen molar-refractivity contribution in [2.45, 2.75) is 37.2 Å². The van der Waals surface area contributed by atoms with Gasteiger partial charge in [0.25, 0.3) is 5.91 Å². The van der Waals surface area contributed by atoms with Gasteiger partial charge in [0.1, 0.15) is 12.4 Å². The zero-order chi connectivity index (χ0) is 20.3. The molecule has 0 radical (unpaired) electrons. The number of rotatable bonds is 8. The maximum Gasteiger partial charge on any atom is 0.279 e. The number of carbonyl (C=O) groups is 1. The summed E-state index contributed by atoms with van der Waals surface area (Å²) in [6.45, 7) is 2.34. The molecule has 8 heteroatoms. The molecule has 1 amide bonds. The quantitative estimate of drug-likeness (QED) is 0.617. The van der Waals surface area contributed by atoms with Crippen molar-refractivity contribution < 1.29 is 22.5 Å². The minimum Gasteiger partial charge on any atom is -0.321 e. The van der Waals surface area contributed by atoms with E-state index in [1.54, 1.807) is 37.3 Å². The zero-order valence-electron chi connectivity index (χ0n) is 16.0. The molecule has 0 aliphatic heterocycles. The van der Waals surface area contributed by atoms with Gasteiger partial charge in [-0.3, -0.25) is 4.79 Å². The Hall–Kier alpha value is -2.29. The number of hydrogen-bond acceptors (Lipinski definition) is 3. The van der Waals surface area contributed by atoms with Gasteiger partial charge in [0.2, 0.25) is 10.0 Å². The monoisotopic (exact) mass is 406 g/mol. The number of sulfonamides is 1. The number of aryl methyl sites for hydroxylation is 1. The normalized spacial score (nSPS) is 15.2. The van der Waals surface area contributed by atoms with Crippen molar-refractivity contribution in [1.82, 2.24) is 4.72 Å². The first-order chi connectivity index (χ1) is 13.3. The van der Waals surface area contributed by atoms with Crippen molar-refractivity contribution in [3.63, 3.8) is 0 Å². The third kappa shape index (κ3) is 4.95. The lowest BCUT2D eigenvalue weighted by atomic mass is 10.2. The number of quaternary nitrogens is 1. The van der Waals surface area contributed by atoms with Crippen LogP contribution in [0.25, 0.3) is 0 Å². The lowest BCUT2D eigenvalue weighted by molar-refractivity contribution is -0.917. The molecule has 3 rings (SSSR count). The van der Waals surface area contributed by atoms with E-state index in [0.29, 0.717) is 29.4 Å². The average Bonchev–Trinajstić information content (AvgIpc) is 3.49. The highest BCUT2D eigenvalue weighted by molar-refractivity contribution is 7.89. The van der Waals surface area contributed by atoms with E-state index in [0.717, 1.165) is 17.7 Å². The molecule has 1 atom stereocenters. The molecule has 0 spiro atoms. The van der Waals surface area contributed by atoms with Crippen LogP contribution in [0.15, 0.2) is 47.4 Å². The smallest absolute Gasteiger partial charge is 0.279 e. The van der Waals surface area contributed by atoms with Crippen LogP contribution in [0.5, 0.6) is 0 Å². The standard InChI is InChI=1S/C20H24FN3O3S/c1-14-7-8-16(11-19(14)28(26,27)22-2)23-20(25)13-24(17-9-10-17)12-15-5-3-4-6-18(15)21/h3-8,11,17,22H,9-10,12-13H2,1-2H3,(H,23,25)/p+1. The molecule has 3 N–H and O–H groups in total. The summed E-state index contributed by atoms with van der Waals surface area (Å²) >= 11 is 0. The highest BCUT2D eigenvalue weighted by Crippen LogP contribution is 2.20. The van der Waals surface area contributed by atoms with Crippen molar-refractivity contribution in [3.05, 3.63) is 59.4 Å². The summed E-state index contributed by atoms with van der Waals surface area (Å²) in [4.78, 5) is 13.7. The van der Waals surface area contributed by atoms with Crippen LogP contribution >= 0.6 is 0 Å². The highest BCUT2D eigenvalue weighted by atomic mass is 32.2. The molecule has 0 saturated heterocycles. The predicted octanol–water partition coefficient (Wildman–Crippen LogP) is 1.23. The van der Waals surface area contributed by atoms with E-state index in [4.69, 9.17) is 0 Å². The van der Waals surface area contributed by atoms with Gasteiger partial charge in [-0.25, -0.2) is 17.5 Å². The molecule has 1 aliphatic carbocycles. The summed E-state index contributed by atoms with van der Waals surface area (Å²) < 4.78 is 40.5. The summed E-state index contributed by atoms with van der Waals surface area (Å²) in [5.41, 5.74) is 1.61. The van der Waals surface area contributed by atoms with Crippen LogP contribution in [0.2, 0.25) is 0 Å². The first kappa shape index (κ1) is 20.4. The first-order valence-corrected chi connectivity index (χ1v) is 10.7. The van der Waals surface area contributed by atoms with Crippen LogP contribution in [0.4, 0.5) is 10.1 Å². The molecule has 0 bridgehead atoms. The van der Waals surface area contributed by atoms with Gasteiger partial charge in [0.05, 0.1) is 10.9 Å². The van der Waals surface area contributed by atoms with E-state index in [-0.39, 0.29) is 23.2 Å². The second-order valence-electron chi connectivity index (χ2n) is 7.11. The molecule has 1 saturated carbocycles. The second kappa shape index (κ2) is 8.38. The number of halogens is 1. The maximum absolute atomic E-state index is 14.0. The molecule has 2 aromatic carbocycles. The SMILES string of the molecule is CNS(=O)(=O)c1cc(NC(=O)C[NH+](Cc2ccccc2F)C2CC2)ccc1C. The van der Waals surface area contributed by atoms with E-state index < -0.39 is 10.0 Å². The second-order valence-corrected chi connectivity index (χ2v) is 8.97. The molecule has 6 nitrogen and oxygen atoms in total.